The third-order valence-corrected chi connectivity index (χ3v) is 3.82. The first kappa shape index (κ1) is 15.6. The molecule has 1 aromatic heterocycles. The molecule has 1 heterocycles. The second-order valence-electron chi connectivity index (χ2n) is 5.50. The van der Waals surface area contributed by atoms with Crippen molar-refractivity contribution >= 4 is 23.5 Å². The molecule has 23 heavy (non-hydrogen) atoms. The van der Waals surface area contributed by atoms with Gasteiger partial charge in [0.05, 0.1) is 11.9 Å². The molecule has 1 saturated carbocycles. The molecule has 2 aromatic rings. The Morgan fingerprint density at radius 3 is 2.70 bits per heavy atom. The maximum Gasteiger partial charge on any atom is 0.342 e. The monoisotopic (exact) mass is 333 g/mol. The van der Waals surface area contributed by atoms with Crippen molar-refractivity contribution in [3.8, 4) is 11.3 Å². The molecule has 1 amide bonds. The van der Waals surface area contributed by atoms with Crippen molar-refractivity contribution in [1.82, 2.24) is 15.5 Å². The van der Waals surface area contributed by atoms with E-state index in [2.05, 4.69) is 15.5 Å². The highest BCUT2D eigenvalue weighted by molar-refractivity contribution is 6.30. The summed E-state index contributed by atoms with van der Waals surface area (Å²) in [6.45, 7) is 1.55. The largest absolute Gasteiger partial charge is 0.449 e. The summed E-state index contributed by atoms with van der Waals surface area (Å²) in [7, 11) is 0. The number of carbonyl (C=O) groups excluding carboxylic acids is 2. The van der Waals surface area contributed by atoms with Crippen LogP contribution >= 0.6 is 11.6 Å². The number of hydrogen-bond donors (Lipinski definition) is 2. The van der Waals surface area contributed by atoms with Crippen molar-refractivity contribution in [3.63, 3.8) is 0 Å². The number of aromatic nitrogens is 2. The predicted molar refractivity (Wildman–Crippen MR) is 85.1 cm³/mol. The summed E-state index contributed by atoms with van der Waals surface area (Å²) in [5.74, 6) is -0.875. The first-order chi connectivity index (χ1) is 11.0. The van der Waals surface area contributed by atoms with Gasteiger partial charge >= 0.3 is 5.97 Å². The van der Waals surface area contributed by atoms with E-state index in [0.717, 1.165) is 18.4 Å². The van der Waals surface area contributed by atoms with Crippen LogP contribution in [0.2, 0.25) is 5.02 Å². The van der Waals surface area contributed by atoms with Gasteiger partial charge in [0.1, 0.15) is 5.56 Å². The minimum atomic E-state index is -0.851. The summed E-state index contributed by atoms with van der Waals surface area (Å²) in [5.41, 5.74) is 1.56. The van der Waals surface area contributed by atoms with E-state index < -0.39 is 12.1 Å². The fraction of sp³-hybridized carbons (Fsp3) is 0.312. The van der Waals surface area contributed by atoms with E-state index in [0.29, 0.717) is 10.7 Å². The molecule has 1 aliphatic rings. The van der Waals surface area contributed by atoms with Crippen LogP contribution in [0.4, 0.5) is 0 Å². The Morgan fingerprint density at radius 2 is 2.04 bits per heavy atom. The molecule has 7 heteroatoms. The molecule has 0 aliphatic heterocycles. The van der Waals surface area contributed by atoms with Gasteiger partial charge in [0.15, 0.2) is 6.10 Å². The van der Waals surface area contributed by atoms with Gasteiger partial charge in [0.25, 0.3) is 5.91 Å². The van der Waals surface area contributed by atoms with E-state index in [1.807, 2.05) is 0 Å². The van der Waals surface area contributed by atoms with Crippen LogP contribution in [0.15, 0.2) is 30.5 Å². The van der Waals surface area contributed by atoms with Crippen LogP contribution in [0.3, 0.4) is 0 Å². The fourth-order valence-electron chi connectivity index (χ4n) is 2.10. The van der Waals surface area contributed by atoms with E-state index in [9.17, 15) is 9.59 Å². The normalized spacial score (nSPS) is 15.0. The predicted octanol–water partition coefficient (Wildman–Crippen LogP) is 2.55. The highest BCUT2D eigenvalue weighted by atomic mass is 35.5. The molecule has 120 valence electrons. The number of ether oxygens (including phenoxy) is 1. The lowest BCUT2D eigenvalue weighted by Gasteiger charge is -2.13. The van der Waals surface area contributed by atoms with Gasteiger partial charge in [-0.05, 0) is 31.9 Å². The van der Waals surface area contributed by atoms with E-state index in [1.54, 1.807) is 31.2 Å². The number of rotatable bonds is 5. The molecule has 0 radical (unpaired) electrons. The summed E-state index contributed by atoms with van der Waals surface area (Å²) < 4.78 is 5.23. The zero-order valence-electron chi connectivity index (χ0n) is 12.5. The Kier molecular flexibility index (Phi) is 4.34. The molecule has 1 aliphatic carbocycles. The van der Waals surface area contributed by atoms with Crippen molar-refractivity contribution in [2.24, 2.45) is 0 Å². The molecule has 0 unspecified atom stereocenters. The number of halogens is 1. The Morgan fingerprint density at radius 1 is 1.35 bits per heavy atom. The topological polar surface area (TPSA) is 84.1 Å². The van der Waals surface area contributed by atoms with Gasteiger partial charge in [-0.2, -0.15) is 5.10 Å². The zero-order valence-corrected chi connectivity index (χ0v) is 13.3. The van der Waals surface area contributed by atoms with Gasteiger partial charge in [0, 0.05) is 16.6 Å². The average Bonchev–Trinajstić information content (AvgIpc) is 3.20. The second-order valence-corrected chi connectivity index (χ2v) is 5.93. The smallest absolute Gasteiger partial charge is 0.342 e. The summed E-state index contributed by atoms with van der Waals surface area (Å²) in [5, 5.41) is 10.1. The molecule has 3 rings (SSSR count). The maximum atomic E-state index is 12.3. The van der Waals surface area contributed by atoms with Crippen LogP contribution in [0, 0.1) is 0 Å². The highest BCUT2D eigenvalue weighted by Gasteiger charge is 2.28. The van der Waals surface area contributed by atoms with Crippen LogP contribution in [-0.2, 0) is 9.53 Å². The molecular weight excluding hydrogens is 318 g/mol. The lowest BCUT2D eigenvalue weighted by atomic mass is 10.1. The number of hydrogen-bond acceptors (Lipinski definition) is 4. The van der Waals surface area contributed by atoms with Crippen molar-refractivity contribution in [2.75, 3.05) is 0 Å². The molecule has 1 aromatic carbocycles. The van der Waals surface area contributed by atoms with Gasteiger partial charge in [-0.3, -0.25) is 9.89 Å². The molecule has 0 spiro atoms. The van der Waals surface area contributed by atoms with Crippen LogP contribution in [0.1, 0.15) is 30.1 Å². The molecule has 0 saturated heterocycles. The van der Waals surface area contributed by atoms with Gasteiger partial charge in [0.2, 0.25) is 0 Å². The Balaban J connectivity index is 1.71. The Hall–Kier alpha value is -2.34. The van der Waals surface area contributed by atoms with E-state index in [1.165, 1.54) is 6.20 Å². The lowest BCUT2D eigenvalue weighted by molar-refractivity contribution is -0.129. The first-order valence-corrected chi connectivity index (χ1v) is 7.73. The molecule has 6 nitrogen and oxygen atoms in total. The molecule has 1 atom stereocenters. The Labute approximate surface area is 138 Å². The van der Waals surface area contributed by atoms with Crippen LogP contribution < -0.4 is 5.32 Å². The third-order valence-electron chi connectivity index (χ3n) is 3.57. The Bertz CT molecular complexity index is 722. The maximum absolute atomic E-state index is 12.3. The number of H-pyrrole nitrogens is 1. The van der Waals surface area contributed by atoms with Gasteiger partial charge in [-0.1, -0.05) is 23.7 Å². The van der Waals surface area contributed by atoms with Gasteiger partial charge in [-0.15, -0.1) is 0 Å². The number of amides is 1. The summed E-state index contributed by atoms with van der Waals surface area (Å²) in [6.07, 6.45) is 2.50. The quantitative estimate of drug-likeness (QED) is 0.824. The SMILES string of the molecule is C[C@H](OC(=O)c1cn[nH]c1-c1ccc(Cl)cc1)C(=O)NC1CC1. The highest BCUT2D eigenvalue weighted by Crippen LogP contribution is 2.24. The standard InChI is InChI=1S/C16H16ClN3O3/c1-9(15(21)19-12-6-7-12)23-16(22)13-8-18-20-14(13)10-2-4-11(17)5-3-10/h2-5,8-9,12H,6-7H2,1H3,(H,18,20)(H,19,21)/t9-/m0/s1. The minimum absolute atomic E-state index is 0.224. The molecule has 0 bridgehead atoms. The summed E-state index contributed by atoms with van der Waals surface area (Å²) in [4.78, 5) is 24.2. The molecule has 1 fully saturated rings. The lowest BCUT2D eigenvalue weighted by Crippen LogP contribution is -2.37. The van der Waals surface area contributed by atoms with Crippen molar-refractivity contribution in [3.05, 3.63) is 41.0 Å². The zero-order chi connectivity index (χ0) is 16.4. The van der Waals surface area contributed by atoms with E-state index in [-0.39, 0.29) is 17.5 Å². The van der Waals surface area contributed by atoms with Crippen LogP contribution in [0.5, 0.6) is 0 Å². The number of nitrogens with one attached hydrogen (secondary N) is 2. The molecule has 2 N–H and O–H groups in total. The average molecular weight is 334 g/mol. The minimum Gasteiger partial charge on any atom is -0.449 e. The number of nitrogens with zero attached hydrogens (tertiary/aromatic N) is 1. The summed E-state index contributed by atoms with van der Waals surface area (Å²) in [6, 6.07) is 7.21. The van der Waals surface area contributed by atoms with Crippen LogP contribution in [0.25, 0.3) is 11.3 Å². The van der Waals surface area contributed by atoms with E-state index >= 15 is 0 Å². The molecular formula is C16H16ClN3O3. The summed E-state index contributed by atoms with van der Waals surface area (Å²) >= 11 is 5.86. The third kappa shape index (κ3) is 3.71. The van der Waals surface area contributed by atoms with Gasteiger partial charge in [-0.25, -0.2) is 4.79 Å². The van der Waals surface area contributed by atoms with Crippen LogP contribution in [-0.4, -0.2) is 34.2 Å². The van der Waals surface area contributed by atoms with Crippen molar-refractivity contribution in [2.45, 2.75) is 31.9 Å². The number of benzene rings is 1. The van der Waals surface area contributed by atoms with Crippen molar-refractivity contribution in [1.29, 1.82) is 0 Å². The second kappa shape index (κ2) is 6.42. The number of esters is 1. The first-order valence-electron chi connectivity index (χ1n) is 7.35. The fourth-order valence-corrected chi connectivity index (χ4v) is 2.23. The van der Waals surface area contributed by atoms with E-state index in [4.69, 9.17) is 16.3 Å². The van der Waals surface area contributed by atoms with Gasteiger partial charge < -0.3 is 10.1 Å². The number of carbonyl (C=O) groups is 2. The number of aromatic amines is 1. The van der Waals surface area contributed by atoms with Crippen molar-refractivity contribution < 1.29 is 14.3 Å².